The SMILES string of the molecule is C=C1C(C)=C[C@]2(C)CC[C@H]3[C@H](C)CC[C@]132. The predicted molar refractivity (Wildman–Crippen MR) is 64.6 cm³/mol. The quantitative estimate of drug-likeness (QED) is 0.548. The number of rotatable bonds is 0. The van der Waals surface area contributed by atoms with Crippen LogP contribution in [0.3, 0.4) is 0 Å². The van der Waals surface area contributed by atoms with Crippen LogP contribution in [0.15, 0.2) is 23.8 Å². The Kier molecular flexibility index (Phi) is 1.67. The summed E-state index contributed by atoms with van der Waals surface area (Å²) in [7, 11) is 0. The molecule has 0 aromatic carbocycles. The van der Waals surface area contributed by atoms with Crippen LogP contribution in [0.4, 0.5) is 0 Å². The smallest absolute Gasteiger partial charge is 0.00689 e. The molecule has 0 bridgehead atoms. The highest BCUT2D eigenvalue weighted by Gasteiger charge is 2.64. The molecule has 4 atom stereocenters. The summed E-state index contributed by atoms with van der Waals surface area (Å²) in [4.78, 5) is 0. The van der Waals surface area contributed by atoms with E-state index in [0.717, 1.165) is 11.8 Å². The van der Waals surface area contributed by atoms with Gasteiger partial charge in [0.2, 0.25) is 0 Å². The van der Waals surface area contributed by atoms with Gasteiger partial charge in [-0.15, -0.1) is 0 Å². The summed E-state index contributed by atoms with van der Waals surface area (Å²) in [6, 6.07) is 0. The maximum atomic E-state index is 4.42. The fraction of sp³-hybridized carbons (Fsp3) is 0.733. The molecule has 0 heterocycles. The van der Waals surface area contributed by atoms with Gasteiger partial charge in [-0.1, -0.05) is 32.1 Å². The first-order valence-corrected chi connectivity index (χ1v) is 6.40. The van der Waals surface area contributed by atoms with Gasteiger partial charge in [-0.2, -0.15) is 0 Å². The molecule has 0 saturated heterocycles. The summed E-state index contributed by atoms with van der Waals surface area (Å²) in [5.41, 5.74) is 3.88. The molecule has 0 nitrogen and oxygen atoms in total. The lowest BCUT2D eigenvalue weighted by molar-refractivity contribution is 0.169. The van der Waals surface area contributed by atoms with Crippen LogP contribution >= 0.6 is 0 Å². The highest BCUT2D eigenvalue weighted by Crippen LogP contribution is 2.72. The molecule has 3 aliphatic rings. The van der Waals surface area contributed by atoms with Gasteiger partial charge in [0.25, 0.3) is 0 Å². The Labute approximate surface area is 93.5 Å². The van der Waals surface area contributed by atoms with Crippen LogP contribution in [0.5, 0.6) is 0 Å². The number of hydrogen-bond donors (Lipinski definition) is 0. The maximum Gasteiger partial charge on any atom is 0.00689 e. The zero-order valence-corrected chi connectivity index (χ0v) is 10.3. The number of allylic oxidation sites excluding steroid dienone is 3. The molecule has 15 heavy (non-hydrogen) atoms. The van der Waals surface area contributed by atoms with Crippen molar-refractivity contribution in [1.82, 2.24) is 0 Å². The van der Waals surface area contributed by atoms with E-state index in [4.69, 9.17) is 0 Å². The van der Waals surface area contributed by atoms with E-state index in [1.54, 1.807) is 0 Å². The fourth-order valence-corrected chi connectivity index (χ4v) is 5.08. The minimum Gasteiger partial charge on any atom is -0.0950 e. The highest BCUT2D eigenvalue weighted by atomic mass is 14.7. The van der Waals surface area contributed by atoms with Crippen molar-refractivity contribution in [3.8, 4) is 0 Å². The van der Waals surface area contributed by atoms with Gasteiger partial charge in [0, 0.05) is 5.41 Å². The lowest BCUT2D eigenvalue weighted by atomic mass is 9.63. The Balaban J connectivity index is 2.15. The average Bonchev–Trinajstić information content (AvgIpc) is 2.70. The van der Waals surface area contributed by atoms with Crippen LogP contribution in [0.2, 0.25) is 0 Å². The van der Waals surface area contributed by atoms with Crippen molar-refractivity contribution >= 4 is 0 Å². The lowest BCUT2D eigenvalue weighted by Crippen LogP contribution is -2.33. The van der Waals surface area contributed by atoms with Gasteiger partial charge in [0.05, 0.1) is 0 Å². The summed E-state index contributed by atoms with van der Waals surface area (Å²) < 4.78 is 0. The lowest BCUT2D eigenvalue weighted by Gasteiger charge is -2.39. The van der Waals surface area contributed by atoms with E-state index < -0.39 is 0 Å². The minimum atomic E-state index is 0.448. The van der Waals surface area contributed by atoms with Crippen molar-refractivity contribution in [2.75, 3.05) is 0 Å². The maximum absolute atomic E-state index is 4.42. The summed E-state index contributed by atoms with van der Waals surface area (Å²) in [6.07, 6.45) is 8.16. The van der Waals surface area contributed by atoms with Crippen molar-refractivity contribution in [3.05, 3.63) is 23.8 Å². The van der Waals surface area contributed by atoms with Crippen molar-refractivity contribution < 1.29 is 0 Å². The summed E-state index contributed by atoms with van der Waals surface area (Å²) in [5, 5.41) is 0. The van der Waals surface area contributed by atoms with Crippen LogP contribution in [0.1, 0.15) is 46.5 Å². The molecule has 3 aliphatic carbocycles. The topological polar surface area (TPSA) is 0 Å². The second-order valence-corrected chi connectivity index (χ2v) is 6.36. The molecule has 1 spiro atoms. The van der Waals surface area contributed by atoms with Gasteiger partial charge in [-0.05, 0) is 55.4 Å². The molecule has 0 unspecified atom stereocenters. The first kappa shape index (κ1) is 9.69. The zero-order valence-electron chi connectivity index (χ0n) is 10.3. The van der Waals surface area contributed by atoms with E-state index in [1.165, 1.54) is 36.8 Å². The molecule has 0 heteroatoms. The van der Waals surface area contributed by atoms with Gasteiger partial charge in [0.1, 0.15) is 0 Å². The molecular formula is C15H22. The Morgan fingerprint density at radius 2 is 2.07 bits per heavy atom. The minimum absolute atomic E-state index is 0.448. The van der Waals surface area contributed by atoms with E-state index in [0.29, 0.717) is 10.8 Å². The standard InChI is InChI=1S/C15H22/c1-10-5-8-15-12(3)11(2)9-14(15,4)7-6-13(10)15/h9-10,13H,3,5-8H2,1-2,4H3/t10-,13+,14+,15+/m1/s1. The van der Waals surface area contributed by atoms with Gasteiger partial charge in [-0.3, -0.25) is 0 Å². The van der Waals surface area contributed by atoms with E-state index in [-0.39, 0.29) is 0 Å². The third-order valence-electron chi connectivity index (χ3n) is 5.86. The molecule has 0 amide bonds. The molecule has 2 fully saturated rings. The number of hydrogen-bond acceptors (Lipinski definition) is 0. The highest BCUT2D eigenvalue weighted by molar-refractivity contribution is 5.47. The Morgan fingerprint density at radius 1 is 1.33 bits per heavy atom. The molecule has 82 valence electrons. The van der Waals surface area contributed by atoms with Crippen molar-refractivity contribution in [2.45, 2.75) is 46.5 Å². The van der Waals surface area contributed by atoms with E-state index in [1.807, 2.05) is 0 Å². The average molecular weight is 202 g/mol. The van der Waals surface area contributed by atoms with E-state index >= 15 is 0 Å². The normalized spacial score (nSPS) is 53.0. The van der Waals surface area contributed by atoms with Crippen LogP contribution in [0.25, 0.3) is 0 Å². The fourth-order valence-electron chi connectivity index (χ4n) is 5.08. The van der Waals surface area contributed by atoms with Crippen molar-refractivity contribution in [1.29, 1.82) is 0 Å². The van der Waals surface area contributed by atoms with Crippen LogP contribution in [-0.4, -0.2) is 0 Å². The van der Waals surface area contributed by atoms with Crippen molar-refractivity contribution in [3.63, 3.8) is 0 Å². The summed E-state index contributed by atoms with van der Waals surface area (Å²) >= 11 is 0. The zero-order chi connectivity index (χ0) is 10.8. The first-order chi connectivity index (χ1) is 7.01. The van der Waals surface area contributed by atoms with Crippen LogP contribution in [0, 0.1) is 22.7 Å². The molecular weight excluding hydrogens is 180 g/mol. The van der Waals surface area contributed by atoms with Gasteiger partial charge >= 0.3 is 0 Å². The second kappa shape index (κ2) is 2.59. The van der Waals surface area contributed by atoms with Gasteiger partial charge in [0.15, 0.2) is 0 Å². The molecule has 0 aliphatic heterocycles. The molecule has 2 saturated carbocycles. The Bertz CT molecular complexity index is 362. The van der Waals surface area contributed by atoms with E-state index in [9.17, 15) is 0 Å². The Hall–Kier alpha value is -0.520. The van der Waals surface area contributed by atoms with E-state index in [2.05, 4.69) is 33.4 Å². The van der Waals surface area contributed by atoms with Crippen LogP contribution in [-0.2, 0) is 0 Å². The van der Waals surface area contributed by atoms with Crippen molar-refractivity contribution in [2.24, 2.45) is 22.7 Å². The monoisotopic (exact) mass is 202 g/mol. The van der Waals surface area contributed by atoms with Crippen LogP contribution < -0.4 is 0 Å². The summed E-state index contributed by atoms with van der Waals surface area (Å²) in [5.74, 6) is 1.84. The molecule has 0 N–H and O–H groups in total. The van der Waals surface area contributed by atoms with Gasteiger partial charge < -0.3 is 0 Å². The third kappa shape index (κ3) is 0.859. The summed E-state index contributed by atoms with van der Waals surface area (Å²) in [6.45, 7) is 11.6. The second-order valence-electron chi connectivity index (χ2n) is 6.36. The molecule has 0 aromatic heterocycles. The van der Waals surface area contributed by atoms with Gasteiger partial charge in [-0.25, -0.2) is 0 Å². The molecule has 0 radical (unpaired) electrons. The predicted octanol–water partition coefficient (Wildman–Crippen LogP) is 4.34. The largest absolute Gasteiger partial charge is 0.0950 e. The third-order valence-corrected chi connectivity index (χ3v) is 5.86. The molecule has 0 aromatic rings. The molecule has 3 rings (SSSR count). The Morgan fingerprint density at radius 3 is 2.80 bits per heavy atom. The first-order valence-electron chi connectivity index (χ1n) is 6.40.